The summed E-state index contributed by atoms with van der Waals surface area (Å²) in [6.07, 6.45) is -4.57. The molecule has 0 bridgehead atoms. The van der Waals surface area contributed by atoms with E-state index in [1.807, 2.05) is 4.90 Å². The summed E-state index contributed by atoms with van der Waals surface area (Å²) in [7, 11) is 1.80. The molecular formula is C12H14F4IN3. The van der Waals surface area contributed by atoms with Gasteiger partial charge in [-0.3, -0.25) is 4.99 Å². The predicted octanol–water partition coefficient (Wildman–Crippen LogP) is 2.85. The molecular weight excluding hydrogens is 389 g/mol. The van der Waals surface area contributed by atoms with E-state index in [0.717, 1.165) is 18.7 Å². The van der Waals surface area contributed by atoms with Crippen molar-refractivity contribution in [3.05, 3.63) is 35.1 Å². The van der Waals surface area contributed by atoms with Crippen molar-refractivity contribution in [3.63, 3.8) is 0 Å². The SMILES string of the molecule is CN1CCN=C1NCc1ccc(F)cc1C(F)(F)F.I. The first-order valence-electron chi connectivity index (χ1n) is 5.73. The third-order valence-corrected chi connectivity index (χ3v) is 2.87. The fourth-order valence-electron chi connectivity index (χ4n) is 1.86. The molecule has 0 spiro atoms. The summed E-state index contributed by atoms with van der Waals surface area (Å²) in [5.74, 6) is -0.344. The highest BCUT2D eigenvalue weighted by Crippen LogP contribution is 2.32. The van der Waals surface area contributed by atoms with Crippen LogP contribution in [0.2, 0.25) is 0 Å². The Kier molecular flexibility index (Phi) is 5.60. The summed E-state index contributed by atoms with van der Waals surface area (Å²) >= 11 is 0. The van der Waals surface area contributed by atoms with Gasteiger partial charge in [-0.1, -0.05) is 6.07 Å². The van der Waals surface area contributed by atoms with Crippen molar-refractivity contribution in [2.24, 2.45) is 4.99 Å². The van der Waals surface area contributed by atoms with E-state index in [0.29, 0.717) is 18.6 Å². The number of likely N-dealkylation sites (N-methyl/N-ethyl adjacent to an activating group) is 1. The van der Waals surface area contributed by atoms with Crippen LogP contribution >= 0.6 is 24.0 Å². The first-order chi connectivity index (χ1) is 8.88. The molecule has 2 rings (SSSR count). The standard InChI is InChI=1S/C12H13F4N3.HI/c1-19-5-4-17-11(19)18-7-8-2-3-9(13)6-10(8)12(14,15)16;/h2-3,6H,4-5,7H2,1H3,(H,17,18);1H. The normalized spacial score (nSPS) is 14.8. The summed E-state index contributed by atoms with van der Waals surface area (Å²) in [5, 5.41) is 2.83. The number of rotatable bonds is 2. The number of hydrogen-bond acceptors (Lipinski definition) is 3. The van der Waals surface area contributed by atoms with E-state index in [1.54, 1.807) is 7.05 Å². The lowest BCUT2D eigenvalue weighted by atomic mass is 10.1. The van der Waals surface area contributed by atoms with Gasteiger partial charge >= 0.3 is 6.18 Å². The fourth-order valence-corrected chi connectivity index (χ4v) is 1.86. The Hall–Kier alpha value is -1.06. The van der Waals surface area contributed by atoms with Gasteiger partial charge in [0.1, 0.15) is 5.82 Å². The van der Waals surface area contributed by atoms with E-state index in [1.165, 1.54) is 0 Å². The fraction of sp³-hybridized carbons (Fsp3) is 0.417. The minimum atomic E-state index is -4.57. The van der Waals surface area contributed by atoms with Crippen molar-refractivity contribution in [1.82, 2.24) is 10.2 Å². The molecule has 0 aromatic heterocycles. The van der Waals surface area contributed by atoms with Crippen LogP contribution in [0.5, 0.6) is 0 Å². The molecule has 0 fully saturated rings. The van der Waals surface area contributed by atoms with Gasteiger partial charge in [0.05, 0.1) is 12.1 Å². The van der Waals surface area contributed by atoms with E-state index in [-0.39, 0.29) is 36.1 Å². The van der Waals surface area contributed by atoms with Gasteiger partial charge in [0, 0.05) is 20.1 Å². The second-order valence-corrected chi connectivity index (χ2v) is 4.28. The van der Waals surface area contributed by atoms with Gasteiger partial charge in [-0.05, 0) is 17.7 Å². The molecule has 0 unspecified atom stereocenters. The number of aliphatic imine (C=N–C) groups is 1. The van der Waals surface area contributed by atoms with Crippen molar-refractivity contribution >= 4 is 29.9 Å². The van der Waals surface area contributed by atoms with Crippen LogP contribution in [0.15, 0.2) is 23.2 Å². The van der Waals surface area contributed by atoms with Crippen LogP contribution in [0.25, 0.3) is 0 Å². The number of halogens is 5. The van der Waals surface area contributed by atoms with E-state index in [9.17, 15) is 17.6 Å². The molecule has 0 saturated heterocycles. The van der Waals surface area contributed by atoms with Gasteiger partial charge in [-0.2, -0.15) is 13.2 Å². The zero-order valence-electron chi connectivity index (χ0n) is 10.7. The zero-order chi connectivity index (χ0) is 14.0. The number of alkyl halides is 3. The van der Waals surface area contributed by atoms with Crippen LogP contribution in [0.3, 0.4) is 0 Å². The number of nitrogens with zero attached hydrogens (tertiary/aromatic N) is 2. The van der Waals surface area contributed by atoms with Crippen molar-refractivity contribution < 1.29 is 17.6 Å². The minimum Gasteiger partial charge on any atom is -0.352 e. The third-order valence-electron chi connectivity index (χ3n) is 2.87. The zero-order valence-corrected chi connectivity index (χ0v) is 13.0. The van der Waals surface area contributed by atoms with Gasteiger partial charge < -0.3 is 10.2 Å². The van der Waals surface area contributed by atoms with E-state index in [2.05, 4.69) is 10.3 Å². The molecule has 1 N–H and O–H groups in total. The highest BCUT2D eigenvalue weighted by atomic mass is 127. The van der Waals surface area contributed by atoms with Crippen molar-refractivity contribution in [1.29, 1.82) is 0 Å². The van der Waals surface area contributed by atoms with Crippen molar-refractivity contribution in [2.75, 3.05) is 20.1 Å². The van der Waals surface area contributed by atoms with Crippen LogP contribution in [-0.2, 0) is 12.7 Å². The molecule has 0 atom stereocenters. The summed E-state index contributed by atoms with van der Waals surface area (Å²) in [5.41, 5.74) is -0.960. The van der Waals surface area contributed by atoms with Gasteiger partial charge in [-0.25, -0.2) is 4.39 Å². The number of nitrogens with one attached hydrogen (secondary N) is 1. The molecule has 3 nitrogen and oxygen atoms in total. The van der Waals surface area contributed by atoms with Gasteiger partial charge in [-0.15, -0.1) is 24.0 Å². The first-order valence-corrected chi connectivity index (χ1v) is 5.73. The molecule has 20 heavy (non-hydrogen) atoms. The molecule has 0 saturated carbocycles. The Balaban J connectivity index is 0.00000200. The van der Waals surface area contributed by atoms with Gasteiger partial charge in [0.25, 0.3) is 0 Å². The van der Waals surface area contributed by atoms with Crippen LogP contribution in [0.4, 0.5) is 17.6 Å². The largest absolute Gasteiger partial charge is 0.416 e. The predicted molar refractivity (Wildman–Crippen MR) is 78.6 cm³/mol. The molecule has 0 radical (unpaired) electrons. The number of benzene rings is 1. The Morgan fingerprint density at radius 2 is 2.05 bits per heavy atom. The Labute approximate surface area is 131 Å². The van der Waals surface area contributed by atoms with Gasteiger partial charge in [0.2, 0.25) is 0 Å². The number of hydrogen-bond donors (Lipinski definition) is 1. The molecule has 1 aliphatic heterocycles. The topological polar surface area (TPSA) is 27.6 Å². The Morgan fingerprint density at radius 3 is 2.60 bits per heavy atom. The molecule has 0 aliphatic carbocycles. The Bertz CT molecular complexity index is 502. The molecule has 1 heterocycles. The smallest absolute Gasteiger partial charge is 0.352 e. The minimum absolute atomic E-state index is 0. The maximum atomic E-state index is 12.9. The number of guanidine groups is 1. The third kappa shape index (κ3) is 3.97. The van der Waals surface area contributed by atoms with E-state index < -0.39 is 17.6 Å². The molecule has 1 aromatic carbocycles. The summed E-state index contributed by atoms with van der Waals surface area (Å²) in [4.78, 5) is 5.93. The lowest BCUT2D eigenvalue weighted by Crippen LogP contribution is -2.35. The monoisotopic (exact) mass is 403 g/mol. The molecule has 8 heteroatoms. The molecule has 1 aromatic rings. The highest BCUT2D eigenvalue weighted by Gasteiger charge is 2.33. The maximum absolute atomic E-state index is 12.9. The summed E-state index contributed by atoms with van der Waals surface area (Å²) in [6, 6.07) is 2.67. The molecule has 112 valence electrons. The molecule has 0 amide bonds. The van der Waals surface area contributed by atoms with Crippen molar-refractivity contribution in [2.45, 2.75) is 12.7 Å². The van der Waals surface area contributed by atoms with Gasteiger partial charge in [0.15, 0.2) is 5.96 Å². The lowest BCUT2D eigenvalue weighted by Gasteiger charge is -2.17. The van der Waals surface area contributed by atoms with Crippen LogP contribution in [0, 0.1) is 5.82 Å². The second-order valence-electron chi connectivity index (χ2n) is 4.28. The summed E-state index contributed by atoms with van der Waals surface area (Å²) < 4.78 is 51.2. The second kappa shape index (κ2) is 6.59. The van der Waals surface area contributed by atoms with Crippen molar-refractivity contribution in [3.8, 4) is 0 Å². The van der Waals surface area contributed by atoms with E-state index >= 15 is 0 Å². The maximum Gasteiger partial charge on any atom is 0.416 e. The lowest BCUT2D eigenvalue weighted by molar-refractivity contribution is -0.138. The van der Waals surface area contributed by atoms with Crippen LogP contribution in [-0.4, -0.2) is 31.0 Å². The average molecular weight is 403 g/mol. The average Bonchev–Trinajstić information content (AvgIpc) is 2.72. The molecule has 1 aliphatic rings. The highest BCUT2D eigenvalue weighted by molar-refractivity contribution is 14.0. The van der Waals surface area contributed by atoms with Crippen LogP contribution in [0.1, 0.15) is 11.1 Å². The van der Waals surface area contributed by atoms with Crippen LogP contribution < -0.4 is 5.32 Å². The quantitative estimate of drug-likeness (QED) is 0.608. The summed E-state index contributed by atoms with van der Waals surface area (Å²) in [6.45, 7) is 1.31. The Morgan fingerprint density at radius 1 is 1.35 bits per heavy atom. The van der Waals surface area contributed by atoms with E-state index in [4.69, 9.17) is 0 Å². The first kappa shape index (κ1) is 17.0.